The van der Waals surface area contributed by atoms with E-state index in [9.17, 15) is 5.11 Å². The van der Waals surface area contributed by atoms with Crippen LogP contribution in [0.1, 0.15) is 53.7 Å². The maximum atomic E-state index is 10.1. The van der Waals surface area contributed by atoms with Gasteiger partial charge in [0.05, 0.1) is 40.3 Å². The lowest BCUT2D eigenvalue weighted by atomic mass is 10.0. The van der Waals surface area contributed by atoms with E-state index >= 15 is 0 Å². The number of aliphatic hydroxyl groups excluding tert-OH is 1. The van der Waals surface area contributed by atoms with E-state index in [0.29, 0.717) is 47.4 Å². The molecule has 10 heteroatoms. The molecule has 3 aromatic heterocycles. The van der Waals surface area contributed by atoms with Gasteiger partial charge >= 0.3 is 0 Å². The van der Waals surface area contributed by atoms with E-state index in [0.717, 1.165) is 46.1 Å². The predicted octanol–water partition coefficient (Wildman–Crippen LogP) is 5.48. The van der Waals surface area contributed by atoms with Gasteiger partial charge < -0.3 is 19.3 Å². The number of halogens is 1. The highest BCUT2D eigenvalue weighted by atomic mass is 35.5. The van der Waals surface area contributed by atoms with Crippen LogP contribution in [0.4, 0.5) is 5.82 Å². The first-order valence-corrected chi connectivity index (χ1v) is 13.2. The van der Waals surface area contributed by atoms with Gasteiger partial charge in [-0.15, -0.1) is 0 Å². The number of ether oxygens (including phenoxy) is 1. The first kappa shape index (κ1) is 26.2. The summed E-state index contributed by atoms with van der Waals surface area (Å²) in [5.74, 6) is 2.58. The van der Waals surface area contributed by atoms with Gasteiger partial charge in [-0.25, -0.2) is 9.97 Å². The minimum Gasteiger partial charge on any atom is -0.491 e. The molecular weight excluding hydrogens is 504 g/mol. The average Bonchev–Trinajstić information content (AvgIpc) is 3.53. The second-order valence-corrected chi connectivity index (χ2v) is 10.3. The van der Waals surface area contributed by atoms with Crippen molar-refractivity contribution in [1.29, 1.82) is 0 Å². The number of nitrogens with zero attached hydrogens (tertiary/aromatic N) is 6. The molecule has 9 nitrogen and oxygen atoms in total. The molecule has 4 heterocycles. The molecule has 1 aliphatic rings. The van der Waals surface area contributed by atoms with Crippen molar-refractivity contribution in [1.82, 2.24) is 24.9 Å². The molecular formula is C28H33ClN6O3. The summed E-state index contributed by atoms with van der Waals surface area (Å²) >= 11 is 6.69. The maximum absolute atomic E-state index is 10.1. The first-order chi connectivity index (χ1) is 18.2. The monoisotopic (exact) mass is 536 g/mol. The minimum absolute atomic E-state index is 0.206. The Morgan fingerprint density at radius 2 is 1.95 bits per heavy atom. The number of anilines is 1. The lowest BCUT2D eigenvalue weighted by molar-refractivity contribution is 0.0994. The molecule has 1 aromatic carbocycles. The highest BCUT2D eigenvalue weighted by molar-refractivity contribution is 6.33. The standard InChI is InChI=1S/C28H33ClN6O3/c1-7-8-19(36)14-37-20-9-10-23(29)21(11-20)27-30-26(25-16(3)33-38-18(25)5)15(2)28(31-27)35-12-22-17(4)34(6)32-24(22)13-35/h9-11,19,36H,7-8,12-14H2,1-6H3/t19-/m1/s1. The average molecular weight is 537 g/mol. The molecule has 0 unspecified atom stereocenters. The van der Waals surface area contributed by atoms with Crippen molar-refractivity contribution in [3.63, 3.8) is 0 Å². The van der Waals surface area contributed by atoms with Crippen LogP contribution in [-0.4, -0.2) is 42.7 Å². The highest BCUT2D eigenvalue weighted by Crippen LogP contribution is 2.39. The van der Waals surface area contributed by atoms with Crippen LogP contribution in [0.25, 0.3) is 22.6 Å². The van der Waals surface area contributed by atoms with Gasteiger partial charge in [0, 0.05) is 36.0 Å². The Hall–Kier alpha value is -3.43. The van der Waals surface area contributed by atoms with E-state index in [-0.39, 0.29) is 6.61 Å². The normalized spacial score (nSPS) is 13.7. The van der Waals surface area contributed by atoms with Crippen LogP contribution in [-0.2, 0) is 20.1 Å². The van der Waals surface area contributed by atoms with Crippen LogP contribution < -0.4 is 9.64 Å². The van der Waals surface area contributed by atoms with Crippen LogP contribution in [0.5, 0.6) is 5.75 Å². The Kier molecular flexibility index (Phi) is 7.15. The van der Waals surface area contributed by atoms with E-state index in [4.69, 9.17) is 35.9 Å². The second kappa shape index (κ2) is 10.4. The Balaban J connectivity index is 1.60. The number of hydrogen-bond donors (Lipinski definition) is 1. The summed E-state index contributed by atoms with van der Waals surface area (Å²) in [4.78, 5) is 12.2. The van der Waals surface area contributed by atoms with E-state index < -0.39 is 6.10 Å². The molecule has 0 radical (unpaired) electrons. The van der Waals surface area contributed by atoms with Crippen molar-refractivity contribution in [3.05, 3.63) is 57.2 Å². The van der Waals surface area contributed by atoms with Gasteiger partial charge in [-0.05, 0) is 52.3 Å². The van der Waals surface area contributed by atoms with Crippen molar-refractivity contribution in [3.8, 4) is 28.4 Å². The van der Waals surface area contributed by atoms with Crippen LogP contribution in [0.2, 0.25) is 5.02 Å². The van der Waals surface area contributed by atoms with Gasteiger partial charge in [-0.3, -0.25) is 4.68 Å². The lowest BCUT2D eigenvalue weighted by Gasteiger charge is -2.22. The number of benzene rings is 1. The van der Waals surface area contributed by atoms with Crippen molar-refractivity contribution in [2.45, 2.75) is 66.7 Å². The molecule has 5 rings (SSSR count). The van der Waals surface area contributed by atoms with Crippen molar-refractivity contribution in [2.75, 3.05) is 11.5 Å². The molecule has 0 saturated heterocycles. The molecule has 0 saturated carbocycles. The fraction of sp³-hybridized carbons (Fsp3) is 0.429. The maximum Gasteiger partial charge on any atom is 0.163 e. The molecule has 0 aliphatic carbocycles. The van der Waals surface area contributed by atoms with Crippen LogP contribution in [0.3, 0.4) is 0 Å². The number of aromatic nitrogens is 5. The zero-order valence-electron chi connectivity index (χ0n) is 22.7. The number of fused-ring (bicyclic) bond motifs is 1. The minimum atomic E-state index is -0.526. The SMILES string of the molecule is CCC[C@@H](O)COc1ccc(Cl)c(-c2nc(-c3c(C)noc3C)c(C)c(N3Cc4nn(C)c(C)c4C3)n2)c1. The predicted molar refractivity (Wildman–Crippen MR) is 146 cm³/mol. The van der Waals surface area contributed by atoms with Crippen LogP contribution >= 0.6 is 11.6 Å². The summed E-state index contributed by atoms with van der Waals surface area (Å²) in [6.45, 7) is 11.5. The number of aryl methyl sites for hydroxylation is 3. The third-order valence-electron chi connectivity index (χ3n) is 7.16. The summed E-state index contributed by atoms with van der Waals surface area (Å²) in [5.41, 5.74) is 7.38. The summed E-state index contributed by atoms with van der Waals surface area (Å²) in [7, 11) is 1.97. The molecule has 38 heavy (non-hydrogen) atoms. The molecule has 0 spiro atoms. The van der Waals surface area contributed by atoms with Gasteiger partial charge in [0.2, 0.25) is 0 Å². The summed E-state index contributed by atoms with van der Waals surface area (Å²) < 4.78 is 13.3. The van der Waals surface area contributed by atoms with Crippen molar-refractivity contribution in [2.24, 2.45) is 7.05 Å². The van der Waals surface area contributed by atoms with Crippen LogP contribution in [0, 0.1) is 27.7 Å². The van der Waals surface area contributed by atoms with Crippen LogP contribution in [0.15, 0.2) is 22.7 Å². The first-order valence-electron chi connectivity index (χ1n) is 12.9. The topological polar surface area (TPSA) is 102 Å². The Morgan fingerprint density at radius 1 is 1.16 bits per heavy atom. The third-order valence-corrected chi connectivity index (χ3v) is 7.49. The third kappa shape index (κ3) is 4.76. The van der Waals surface area contributed by atoms with Gasteiger partial charge in [0.15, 0.2) is 5.82 Å². The van der Waals surface area contributed by atoms with Gasteiger partial charge in [0.1, 0.15) is 23.9 Å². The fourth-order valence-corrected chi connectivity index (χ4v) is 5.20. The summed E-state index contributed by atoms with van der Waals surface area (Å²) in [6, 6.07) is 5.40. The highest BCUT2D eigenvalue weighted by Gasteiger charge is 2.30. The number of hydrogen-bond acceptors (Lipinski definition) is 8. The van der Waals surface area contributed by atoms with Gasteiger partial charge in [0.25, 0.3) is 0 Å². The molecule has 200 valence electrons. The molecule has 4 aromatic rings. The smallest absolute Gasteiger partial charge is 0.163 e. The molecule has 0 fully saturated rings. The molecule has 1 aliphatic heterocycles. The summed E-state index contributed by atoms with van der Waals surface area (Å²) in [6.07, 6.45) is 1.04. The molecule has 0 bridgehead atoms. The van der Waals surface area contributed by atoms with Crippen molar-refractivity contribution >= 4 is 17.4 Å². The van der Waals surface area contributed by atoms with E-state index in [1.54, 1.807) is 12.1 Å². The van der Waals surface area contributed by atoms with Gasteiger partial charge in [-0.1, -0.05) is 30.1 Å². The van der Waals surface area contributed by atoms with Crippen molar-refractivity contribution < 1.29 is 14.4 Å². The number of rotatable bonds is 8. The fourth-order valence-electron chi connectivity index (χ4n) is 5.00. The number of aliphatic hydroxyl groups is 1. The van der Waals surface area contributed by atoms with Gasteiger partial charge in [-0.2, -0.15) is 5.10 Å². The van der Waals surface area contributed by atoms with E-state index in [1.807, 2.05) is 45.5 Å². The zero-order chi connectivity index (χ0) is 27.1. The Morgan fingerprint density at radius 3 is 2.63 bits per heavy atom. The quantitative estimate of drug-likeness (QED) is 0.316. The summed E-state index contributed by atoms with van der Waals surface area (Å²) in [5, 5.41) is 19.5. The second-order valence-electron chi connectivity index (χ2n) is 9.93. The molecule has 0 amide bonds. The lowest BCUT2D eigenvalue weighted by Crippen LogP contribution is -2.20. The molecule has 1 atom stereocenters. The Bertz CT molecular complexity index is 1470. The van der Waals surface area contributed by atoms with E-state index in [2.05, 4.69) is 17.0 Å². The van der Waals surface area contributed by atoms with E-state index in [1.165, 1.54) is 5.56 Å². The zero-order valence-corrected chi connectivity index (χ0v) is 23.4. The Labute approximate surface area is 227 Å². The largest absolute Gasteiger partial charge is 0.491 e. The molecule has 1 N–H and O–H groups in total.